The van der Waals surface area contributed by atoms with Gasteiger partial charge in [-0.2, -0.15) is 0 Å². The average Bonchev–Trinajstić information content (AvgIpc) is 2.73. The Balaban J connectivity index is 2.12. The summed E-state index contributed by atoms with van der Waals surface area (Å²) in [5, 5.41) is 9.17. The van der Waals surface area contributed by atoms with Gasteiger partial charge in [0.2, 0.25) is 0 Å². The molecule has 0 fully saturated rings. The van der Waals surface area contributed by atoms with E-state index >= 15 is 0 Å². The molecule has 0 bridgehead atoms. The molecule has 1 aromatic carbocycles. The molecular formula is C22H22N2O5. The lowest BCUT2D eigenvalue weighted by Crippen LogP contribution is -2.22. The van der Waals surface area contributed by atoms with Gasteiger partial charge in [-0.05, 0) is 55.8 Å². The largest absolute Gasteiger partial charge is 0.497 e. The molecule has 0 atom stereocenters. The lowest BCUT2D eigenvalue weighted by Gasteiger charge is -2.10. The van der Waals surface area contributed by atoms with E-state index in [0.717, 1.165) is 5.56 Å². The number of carbonyl (C=O) groups is 1. The van der Waals surface area contributed by atoms with E-state index in [1.807, 2.05) is 38.1 Å². The Morgan fingerprint density at radius 1 is 1.21 bits per heavy atom. The molecule has 0 spiro atoms. The van der Waals surface area contributed by atoms with Crippen molar-refractivity contribution in [2.75, 3.05) is 13.7 Å². The molecule has 2 heterocycles. The highest BCUT2D eigenvalue weighted by Gasteiger charge is 2.12. The molecule has 7 nitrogen and oxygen atoms in total. The van der Waals surface area contributed by atoms with E-state index in [-0.39, 0.29) is 11.1 Å². The Morgan fingerprint density at radius 3 is 2.66 bits per heavy atom. The monoisotopic (exact) mass is 394 g/mol. The van der Waals surface area contributed by atoms with E-state index in [1.165, 1.54) is 22.7 Å². The normalized spacial score (nSPS) is 11.1. The number of methoxy groups -OCH3 is 1. The zero-order chi connectivity index (χ0) is 21.0. The van der Waals surface area contributed by atoms with Crippen LogP contribution in [0.3, 0.4) is 0 Å². The number of ether oxygens (including phenoxy) is 2. The third-order valence-electron chi connectivity index (χ3n) is 4.49. The maximum atomic E-state index is 12.9. The summed E-state index contributed by atoms with van der Waals surface area (Å²) in [5.41, 5.74) is 1.97. The first-order chi connectivity index (χ1) is 14.0. The highest BCUT2D eigenvalue weighted by molar-refractivity contribution is 5.87. The minimum atomic E-state index is -1.10. The second-order valence-electron chi connectivity index (χ2n) is 6.26. The fraction of sp³-hybridized carbons (Fsp3) is 0.227. The SMILES string of the molecule is CCOc1ccc(OC)cc1/C=C/c1nc2ccc(C(=O)O)cn2c(=O)c1CC. The van der Waals surface area contributed by atoms with Crippen molar-refractivity contribution >= 4 is 23.8 Å². The van der Waals surface area contributed by atoms with E-state index in [2.05, 4.69) is 4.98 Å². The number of carboxylic acids is 1. The van der Waals surface area contributed by atoms with Gasteiger partial charge in [-0.25, -0.2) is 9.78 Å². The van der Waals surface area contributed by atoms with Gasteiger partial charge in [0.25, 0.3) is 5.56 Å². The maximum Gasteiger partial charge on any atom is 0.337 e. The Kier molecular flexibility index (Phi) is 5.97. The van der Waals surface area contributed by atoms with Gasteiger partial charge in [0.15, 0.2) is 0 Å². The van der Waals surface area contributed by atoms with Crippen LogP contribution in [0.25, 0.3) is 17.8 Å². The molecule has 0 unspecified atom stereocenters. The molecule has 0 aliphatic rings. The summed E-state index contributed by atoms with van der Waals surface area (Å²) in [4.78, 5) is 28.6. The number of aromatic carboxylic acids is 1. The van der Waals surface area contributed by atoms with E-state index in [4.69, 9.17) is 14.6 Å². The molecule has 7 heteroatoms. The van der Waals surface area contributed by atoms with Crippen molar-refractivity contribution in [2.45, 2.75) is 20.3 Å². The summed E-state index contributed by atoms with van der Waals surface area (Å²) in [6.07, 6.45) is 5.36. The topological polar surface area (TPSA) is 90.1 Å². The number of pyridine rings is 1. The summed E-state index contributed by atoms with van der Waals surface area (Å²) in [6, 6.07) is 8.46. The summed E-state index contributed by atoms with van der Waals surface area (Å²) < 4.78 is 12.2. The van der Waals surface area contributed by atoms with Crippen LogP contribution in [-0.4, -0.2) is 34.2 Å². The van der Waals surface area contributed by atoms with Gasteiger partial charge in [-0.15, -0.1) is 0 Å². The van der Waals surface area contributed by atoms with Crippen molar-refractivity contribution in [3.63, 3.8) is 0 Å². The van der Waals surface area contributed by atoms with Crippen molar-refractivity contribution in [3.05, 3.63) is 69.3 Å². The van der Waals surface area contributed by atoms with Crippen LogP contribution in [0.2, 0.25) is 0 Å². The predicted molar refractivity (Wildman–Crippen MR) is 111 cm³/mol. The van der Waals surface area contributed by atoms with Crippen LogP contribution in [0, 0.1) is 0 Å². The predicted octanol–water partition coefficient (Wildman–Crippen LogP) is 3.53. The molecule has 0 amide bonds. The van der Waals surface area contributed by atoms with Crippen LogP contribution in [0.4, 0.5) is 0 Å². The van der Waals surface area contributed by atoms with Crippen molar-refractivity contribution in [1.82, 2.24) is 9.38 Å². The highest BCUT2D eigenvalue weighted by atomic mass is 16.5. The van der Waals surface area contributed by atoms with Crippen molar-refractivity contribution < 1.29 is 19.4 Å². The van der Waals surface area contributed by atoms with Crippen LogP contribution in [0.15, 0.2) is 41.3 Å². The molecule has 2 aromatic heterocycles. The van der Waals surface area contributed by atoms with Crippen LogP contribution in [-0.2, 0) is 6.42 Å². The Bertz CT molecular complexity index is 1150. The molecule has 0 aliphatic carbocycles. The van der Waals surface area contributed by atoms with E-state index in [0.29, 0.717) is 41.4 Å². The highest BCUT2D eigenvalue weighted by Crippen LogP contribution is 2.26. The smallest absolute Gasteiger partial charge is 0.337 e. The van der Waals surface area contributed by atoms with Crippen molar-refractivity contribution in [1.29, 1.82) is 0 Å². The van der Waals surface area contributed by atoms with Gasteiger partial charge in [-0.1, -0.05) is 6.92 Å². The lowest BCUT2D eigenvalue weighted by atomic mass is 10.1. The van der Waals surface area contributed by atoms with Gasteiger partial charge < -0.3 is 14.6 Å². The molecule has 29 heavy (non-hydrogen) atoms. The van der Waals surface area contributed by atoms with Crippen LogP contribution >= 0.6 is 0 Å². The first-order valence-corrected chi connectivity index (χ1v) is 9.26. The van der Waals surface area contributed by atoms with Gasteiger partial charge in [0, 0.05) is 17.3 Å². The number of benzene rings is 1. The first kappa shape index (κ1) is 20.1. The number of hydrogen-bond donors (Lipinski definition) is 1. The lowest BCUT2D eigenvalue weighted by molar-refractivity contribution is 0.0696. The molecule has 3 aromatic rings. The third-order valence-corrected chi connectivity index (χ3v) is 4.49. The molecule has 0 radical (unpaired) electrons. The van der Waals surface area contributed by atoms with Gasteiger partial charge in [0.05, 0.1) is 25.0 Å². The van der Waals surface area contributed by atoms with Gasteiger partial charge >= 0.3 is 5.97 Å². The fourth-order valence-corrected chi connectivity index (χ4v) is 3.03. The van der Waals surface area contributed by atoms with Crippen molar-refractivity contribution in [2.24, 2.45) is 0 Å². The van der Waals surface area contributed by atoms with Crippen LogP contribution in [0.5, 0.6) is 11.5 Å². The summed E-state index contributed by atoms with van der Waals surface area (Å²) in [6.45, 7) is 4.29. The van der Waals surface area contributed by atoms with Crippen molar-refractivity contribution in [3.8, 4) is 11.5 Å². The molecule has 0 saturated carbocycles. The maximum absolute atomic E-state index is 12.9. The number of rotatable bonds is 7. The first-order valence-electron chi connectivity index (χ1n) is 9.26. The second-order valence-corrected chi connectivity index (χ2v) is 6.26. The summed E-state index contributed by atoms with van der Waals surface area (Å²) in [5.74, 6) is 0.296. The average molecular weight is 394 g/mol. The molecule has 1 N–H and O–H groups in total. The zero-order valence-electron chi connectivity index (χ0n) is 16.5. The molecule has 3 rings (SSSR count). The third kappa shape index (κ3) is 4.13. The van der Waals surface area contributed by atoms with Crippen LogP contribution < -0.4 is 15.0 Å². The number of hydrogen-bond acceptors (Lipinski definition) is 5. The van der Waals surface area contributed by atoms with E-state index < -0.39 is 5.97 Å². The Labute approximate surface area is 167 Å². The standard InChI is InChI=1S/C22H22N2O5/c1-4-17-18(9-6-14-12-16(28-3)8-10-19(14)29-5-2)23-20-11-7-15(22(26)27)13-24(20)21(17)25/h6-13H,4-5H2,1-3H3,(H,26,27)/b9-6+. The van der Waals surface area contributed by atoms with E-state index in [1.54, 1.807) is 13.2 Å². The minimum absolute atomic E-state index is 0.0319. The molecule has 150 valence electrons. The fourth-order valence-electron chi connectivity index (χ4n) is 3.03. The summed E-state index contributed by atoms with van der Waals surface area (Å²) in [7, 11) is 1.59. The molecular weight excluding hydrogens is 372 g/mol. The summed E-state index contributed by atoms with van der Waals surface area (Å²) >= 11 is 0. The zero-order valence-corrected chi connectivity index (χ0v) is 16.5. The second kappa shape index (κ2) is 8.60. The van der Waals surface area contributed by atoms with Gasteiger partial charge in [0.1, 0.15) is 17.1 Å². The van der Waals surface area contributed by atoms with E-state index in [9.17, 15) is 9.59 Å². The minimum Gasteiger partial charge on any atom is -0.497 e. The van der Waals surface area contributed by atoms with Crippen LogP contribution in [0.1, 0.15) is 41.0 Å². The quantitative estimate of drug-likeness (QED) is 0.659. The number of fused-ring (bicyclic) bond motifs is 1. The van der Waals surface area contributed by atoms with Gasteiger partial charge in [-0.3, -0.25) is 9.20 Å². The number of aromatic nitrogens is 2. The Morgan fingerprint density at radius 2 is 2.00 bits per heavy atom. The molecule has 0 saturated heterocycles. The molecule has 0 aliphatic heterocycles. The number of carboxylic acid groups (broad SMARTS) is 1. The Hall–Kier alpha value is -3.61. The number of nitrogens with zero attached hydrogens (tertiary/aromatic N) is 2.